The number of carbonyl (C=O) groups excluding carboxylic acids is 1. The molecule has 0 aliphatic rings. The Hall–Kier alpha value is -0.810. The molecule has 0 saturated carbocycles. The molecule has 0 heterocycles. The third-order valence-electron chi connectivity index (χ3n) is 2.04. The molecule has 102 valence electrons. The van der Waals surface area contributed by atoms with Crippen molar-refractivity contribution in [2.75, 3.05) is 6.61 Å². The van der Waals surface area contributed by atoms with Crippen LogP contribution in [0.1, 0.15) is 48.0 Å². The molecular formula is C12H25NO4. The van der Waals surface area contributed by atoms with Gasteiger partial charge in [-0.25, -0.2) is 4.79 Å². The minimum absolute atomic E-state index is 0.0118. The molecule has 1 amide bonds. The van der Waals surface area contributed by atoms with Crippen LogP contribution < -0.4 is 5.48 Å². The van der Waals surface area contributed by atoms with Gasteiger partial charge in [-0.05, 0) is 32.6 Å². The third kappa shape index (κ3) is 7.99. The number of carbonyl (C=O) groups is 1. The average Bonchev–Trinajstić information content (AvgIpc) is 2.07. The van der Waals surface area contributed by atoms with Crippen LogP contribution in [0.3, 0.4) is 0 Å². The summed E-state index contributed by atoms with van der Waals surface area (Å²) in [4.78, 5) is 16.6. The number of amides is 1. The Kier molecular flexibility index (Phi) is 5.92. The zero-order chi connectivity index (χ0) is 13.7. The molecule has 0 aromatic carbocycles. The number of nitrogens with one attached hydrogen (secondary N) is 1. The van der Waals surface area contributed by atoms with Crippen molar-refractivity contribution in [1.29, 1.82) is 0 Å². The molecule has 0 aliphatic heterocycles. The maximum absolute atomic E-state index is 11.4. The summed E-state index contributed by atoms with van der Waals surface area (Å²) >= 11 is 0. The van der Waals surface area contributed by atoms with Crippen molar-refractivity contribution in [2.45, 2.75) is 59.7 Å². The van der Waals surface area contributed by atoms with Crippen LogP contribution in [-0.4, -0.2) is 29.5 Å². The number of hydrogen-bond acceptors (Lipinski definition) is 4. The molecule has 0 aliphatic carbocycles. The topological polar surface area (TPSA) is 67.8 Å². The molecule has 0 rings (SSSR count). The lowest BCUT2D eigenvalue weighted by Crippen LogP contribution is -2.40. The predicted octanol–water partition coefficient (Wildman–Crippen LogP) is 2.24. The lowest BCUT2D eigenvalue weighted by atomic mass is 9.87. The van der Waals surface area contributed by atoms with Gasteiger partial charge in [0.1, 0.15) is 5.60 Å². The van der Waals surface area contributed by atoms with Gasteiger partial charge in [0.25, 0.3) is 0 Å². The summed E-state index contributed by atoms with van der Waals surface area (Å²) in [5, 5.41) is 8.93. The van der Waals surface area contributed by atoms with Crippen molar-refractivity contribution in [3.63, 3.8) is 0 Å². The van der Waals surface area contributed by atoms with Crippen molar-refractivity contribution in [2.24, 2.45) is 5.41 Å². The van der Waals surface area contributed by atoms with Gasteiger partial charge in [0, 0.05) is 6.61 Å². The Morgan fingerprint density at radius 1 is 1.24 bits per heavy atom. The Balaban J connectivity index is 4.18. The average molecular weight is 247 g/mol. The summed E-state index contributed by atoms with van der Waals surface area (Å²) in [5.41, 5.74) is 1.54. The minimum atomic E-state index is -0.621. The summed E-state index contributed by atoms with van der Waals surface area (Å²) < 4.78 is 5.04. The second-order valence-electron chi connectivity index (χ2n) is 6.09. The minimum Gasteiger partial charge on any atom is -0.442 e. The predicted molar refractivity (Wildman–Crippen MR) is 65.4 cm³/mol. The Morgan fingerprint density at radius 3 is 2.12 bits per heavy atom. The van der Waals surface area contributed by atoms with Gasteiger partial charge < -0.3 is 9.84 Å². The molecular weight excluding hydrogens is 222 g/mol. The highest BCUT2D eigenvalue weighted by atomic mass is 16.7. The van der Waals surface area contributed by atoms with Crippen LogP contribution in [0.25, 0.3) is 0 Å². The second kappa shape index (κ2) is 6.21. The van der Waals surface area contributed by atoms with E-state index in [4.69, 9.17) is 14.7 Å². The summed E-state index contributed by atoms with van der Waals surface area (Å²) in [6, 6.07) is 0. The fourth-order valence-electron chi connectivity index (χ4n) is 1.20. The molecule has 17 heavy (non-hydrogen) atoms. The van der Waals surface area contributed by atoms with E-state index in [1.54, 1.807) is 20.8 Å². The largest absolute Gasteiger partial charge is 0.442 e. The zero-order valence-corrected chi connectivity index (χ0v) is 11.7. The van der Waals surface area contributed by atoms with E-state index in [0.717, 1.165) is 0 Å². The SMILES string of the molecule is CC(C)(C)OC(=O)NOC(CCO)C(C)(C)C. The van der Waals surface area contributed by atoms with Gasteiger partial charge in [-0.2, -0.15) is 5.48 Å². The second-order valence-corrected chi connectivity index (χ2v) is 6.09. The lowest BCUT2D eigenvalue weighted by Gasteiger charge is -2.30. The first-order valence-corrected chi connectivity index (χ1v) is 5.82. The Morgan fingerprint density at radius 2 is 1.76 bits per heavy atom. The van der Waals surface area contributed by atoms with Crippen LogP contribution in [-0.2, 0) is 9.57 Å². The van der Waals surface area contributed by atoms with E-state index in [9.17, 15) is 4.79 Å². The van der Waals surface area contributed by atoms with Crippen LogP contribution >= 0.6 is 0 Å². The van der Waals surface area contributed by atoms with Crippen LogP contribution in [0, 0.1) is 5.41 Å². The molecule has 0 aromatic rings. The van der Waals surface area contributed by atoms with Gasteiger partial charge in [0.15, 0.2) is 0 Å². The number of aliphatic hydroxyl groups is 1. The normalized spacial score (nSPS) is 14.3. The van der Waals surface area contributed by atoms with Crippen LogP contribution in [0.5, 0.6) is 0 Å². The van der Waals surface area contributed by atoms with Gasteiger partial charge in [0.05, 0.1) is 6.10 Å². The standard InChI is InChI=1S/C12H25NO4/c1-11(2,3)9(7-8-14)17-13-10(15)16-12(4,5)6/h9,14H,7-8H2,1-6H3,(H,13,15). The van der Waals surface area contributed by atoms with Gasteiger partial charge in [-0.1, -0.05) is 20.8 Å². The van der Waals surface area contributed by atoms with E-state index in [0.29, 0.717) is 6.42 Å². The van der Waals surface area contributed by atoms with Crippen molar-refractivity contribution in [3.05, 3.63) is 0 Å². The van der Waals surface area contributed by atoms with Crippen molar-refractivity contribution < 1.29 is 19.5 Å². The van der Waals surface area contributed by atoms with E-state index in [1.807, 2.05) is 20.8 Å². The highest BCUT2D eigenvalue weighted by Crippen LogP contribution is 2.24. The van der Waals surface area contributed by atoms with Gasteiger partial charge in [0.2, 0.25) is 0 Å². The molecule has 1 atom stereocenters. The van der Waals surface area contributed by atoms with Crippen LogP contribution in [0.4, 0.5) is 4.79 Å². The van der Waals surface area contributed by atoms with E-state index in [-0.39, 0.29) is 18.1 Å². The Labute approximate surface area is 103 Å². The fraction of sp³-hybridized carbons (Fsp3) is 0.917. The van der Waals surface area contributed by atoms with Crippen molar-refractivity contribution in [1.82, 2.24) is 5.48 Å². The van der Waals surface area contributed by atoms with Gasteiger partial charge in [-0.3, -0.25) is 4.84 Å². The quantitative estimate of drug-likeness (QED) is 0.748. The van der Waals surface area contributed by atoms with Gasteiger partial charge >= 0.3 is 6.09 Å². The molecule has 0 radical (unpaired) electrons. The first kappa shape index (κ1) is 16.2. The first-order chi connectivity index (χ1) is 7.56. The number of rotatable bonds is 4. The van der Waals surface area contributed by atoms with E-state index >= 15 is 0 Å². The molecule has 0 spiro atoms. The van der Waals surface area contributed by atoms with E-state index < -0.39 is 11.7 Å². The van der Waals surface area contributed by atoms with Crippen molar-refractivity contribution >= 4 is 6.09 Å². The third-order valence-corrected chi connectivity index (χ3v) is 2.04. The van der Waals surface area contributed by atoms with Crippen LogP contribution in [0.15, 0.2) is 0 Å². The highest BCUT2D eigenvalue weighted by Gasteiger charge is 2.27. The zero-order valence-electron chi connectivity index (χ0n) is 11.7. The number of hydroxylamine groups is 1. The molecule has 1 unspecified atom stereocenters. The highest BCUT2D eigenvalue weighted by molar-refractivity contribution is 5.66. The number of hydrogen-bond donors (Lipinski definition) is 2. The molecule has 0 bridgehead atoms. The maximum Gasteiger partial charge on any atom is 0.431 e. The molecule has 0 saturated heterocycles. The van der Waals surface area contributed by atoms with Gasteiger partial charge in [-0.15, -0.1) is 0 Å². The lowest BCUT2D eigenvalue weighted by molar-refractivity contribution is -0.0885. The van der Waals surface area contributed by atoms with E-state index in [2.05, 4.69) is 5.48 Å². The molecule has 0 aromatic heterocycles. The summed E-state index contributed by atoms with van der Waals surface area (Å²) in [5.74, 6) is 0. The number of ether oxygens (including phenoxy) is 1. The molecule has 5 heteroatoms. The molecule has 5 nitrogen and oxygen atoms in total. The first-order valence-electron chi connectivity index (χ1n) is 5.82. The van der Waals surface area contributed by atoms with Crippen LogP contribution in [0.2, 0.25) is 0 Å². The summed E-state index contributed by atoms with van der Waals surface area (Å²) in [6.45, 7) is 11.3. The fourth-order valence-corrected chi connectivity index (χ4v) is 1.20. The Bertz CT molecular complexity index is 240. The molecule has 2 N–H and O–H groups in total. The smallest absolute Gasteiger partial charge is 0.431 e. The summed E-state index contributed by atoms with van der Waals surface area (Å²) in [6.07, 6.45) is -0.427. The maximum atomic E-state index is 11.4. The molecule has 0 fully saturated rings. The van der Waals surface area contributed by atoms with E-state index in [1.165, 1.54) is 0 Å². The van der Waals surface area contributed by atoms with Crippen molar-refractivity contribution in [3.8, 4) is 0 Å². The monoisotopic (exact) mass is 247 g/mol. The summed E-state index contributed by atoms with van der Waals surface area (Å²) in [7, 11) is 0. The number of aliphatic hydroxyl groups excluding tert-OH is 1.